The minimum Gasteiger partial charge on any atom is -0.322 e. The molecule has 0 saturated carbocycles. The second-order valence-corrected chi connectivity index (χ2v) is 6.14. The van der Waals surface area contributed by atoms with E-state index in [1.807, 2.05) is 54.9 Å². The lowest BCUT2D eigenvalue weighted by Gasteiger charge is -2.03. The molecule has 0 bridgehead atoms. The SMILES string of the molecule is CC(=NNC(=O)CSc1nc2ccccc2n1C)c1ccncc1. The summed E-state index contributed by atoms with van der Waals surface area (Å²) in [6, 6.07) is 11.6. The van der Waals surface area contributed by atoms with Crippen LogP contribution in [-0.4, -0.2) is 31.9 Å². The van der Waals surface area contributed by atoms with E-state index in [2.05, 4.69) is 20.5 Å². The smallest absolute Gasteiger partial charge is 0.250 e. The summed E-state index contributed by atoms with van der Waals surface area (Å²) in [4.78, 5) is 20.5. The van der Waals surface area contributed by atoms with E-state index in [0.717, 1.165) is 27.5 Å². The van der Waals surface area contributed by atoms with Crippen LogP contribution in [0.4, 0.5) is 0 Å². The summed E-state index contributed by atoms with van der Waals surface area (Å²) in [5, 5.41) is 4.93. The van der Waals surface area contributed by atoms with Gasteiger partial charge in [-0.1, -0.05) is 23.9 Å². The molecule has 2 aromatic heterocycles. The largest absolute Gasteiger partial charge is 0.322 e. The molecule has 3 aromatic rings. The molecule has 0 spiro atoms. The molecule has 0 fully saturated rings. The number of hydrazone groups is 1. The molecule has 1 aromatic carbocycles. The van der Waals surface area contributed by atoms with Crippen molar-refractivity contribution in [2.24, 2.45) is 12.1 Å². The molecule has 0 aliphatic heterocycles. The molecule has 0 aliphatic rings. The van der Waals surface area contributed by atoms with Crippen LogP contribution in [0.1, 0.15) is 12.5 Å². The van der Waals surface area contributed by atoms with E-state index in [1.165, 1.54) is 11.8 Å². The molecule has 24 heavy (non-hydrogen) atoms. The second kappa shape index (κ2) is 7.27. The average Bonchev–Trinajstić information content (AvgIpc) is 2.95. The molecule has 0 unspecified atom stereocenters. The summed E-state index contributed by atoms with van der Waals surface area (Å²) in [6.45, 7) is 1.84. The highest BCUT2D eigenvalue weighted by atomic mass is 32.2. The number of amides is 1. The second-order valence-electron chi connectivity index (χ2n) is 5.20. The maximum atomic E-state index is 12.0. The fourth-order valence-electron chi connectivity index (χ4n) is 2.22. The van der Waals surface area contributed by atoms with Crippen LogP contribution in [0.25, 0.3) is 11.0 Å². The van der Waals surface area contributed by atoms with Crippen LogP contribution < -0.4 is 5.43 Å². The number of carbonyl (C=O) groups excluding carboxylic acids is 1. The first-order valence-electron chi connectivity index (χ1n) is 7.43. The molecule has 0 radical (unpaired) electrons. The quantitative estimate of drug-likeness (QED) is 0.441. The van der Waals surface area contributed by atoms with Crippen molar-refractivity contribution in [2.75, 3.05) is 5.75 Å². The third-order valence-electron chi connectivity index (χ3n) is 3.52. The molecule has 122 valence electrons. The Morgan fingerprint density at radius 3 is 2.75 bits per heavy atom. The summed E-state index contributed by atoms with van der Waals surface area (Å²) in [5.41, 5.74) is 6.21. The number of benzene rings is 1. The summed E-state index contributed by atoms with van der Waals surface area (Å²) in [6.07, 6.45) is 3.38. The minimum atomic E-state index is -0.166. The number of aryl methyl sites for hydroxylation is 1. The zero-order valence-electron chi connectivity index (χ0n) is 13.4. The summed E-state index contributed by atoms with van der Waals surface area (Å²) in [5.74, 6) is 0.0880. The van der Waals surface area contributed by atoms with Crippen LogP contribution in [0.3, 0.4) is 0 Å². The molecule has 0 atom stereocenters. The fourth-order valence-corrected chi connectivity index (χ4v) is 3.00. The molecule has 6 nitrogen and oxygen atoms in total. The topological polar surface area (TPSA) is 72.2 Å². The number of fused-ring (bicyclic) bond motifs is 1. The van der Waals surface area contributed by atoms with Crippen LogP contribution in [-0.2, 0) is 11.8 Å². The number of imidazole rings is 1. The number of para-hydroxylation sites is 2. The van der Waals surface area contributed by atoms with Gasteiger partial charge in [0.25, 0.3) is 5.91 Å². The van der Waals surface area contributed by atoms with Gasteiger partial charge in [0.15, 0.2) is 5.16 Å². The first-order valence-corrected chi connectivity index (χ1v) is 8.41. The molecular formula is C17H17N5OS. The Bertz CT molecular complexity index is 888. The predicted octanol–water partition coefficient (Wildman–Crippen LogP) is 2.60. The van der Waals surface area contributed by atoms with Crippen LogP contribution in [0, 0.1) is 0 Å². The van der Waals surface area contributed by atoms with Gasteiger partial charge in [-0.3, -0.25) is 9.78 Å². The van der Waals surface area contributed by atoms with Gasteiger partial charge in [0.1, 0.15) is 0 Å². The van der Waals surface area contributed by atoms with Crippen molar-refractivity contribution >= 4 is 34.4 Å². The van der Waals surface area contributed by atoms with E-state index >= 15 is 0 Å². The molecule has 2 heterocycles. The molecule has 0 aliphatic carbocycles. The van der Waals surface area contributed by atoms with E-state index in [9.17, 15) is 4.79 Å². The van der Waals surface area contributed by atoms with Gasteiger partial charge in [0.05, 0.1) is 22.5 Å². The summed E-state index contributed by atoms with van der Waals surface area (Å²) < 4.78 is 1.98. The third-order valence-corrected chi connectivity index (χ3v) is 4.55. The number of hydrogen-bond acceptors (Lipinski definition) is 5. The summed E-state index contributed by atoms with van der Waals surface area (Å²) >= 11 is 1.39. The van der Waals surface area contributed by atoms with Gasteiger partial charge < -0.3 is 4.57 Å². The predicted molar refractivity (Wildman–Crippen MR) is 96.0 cm³/mol. The Balaban J connectivity index is 1.60. The van der Waals surface area contributed by atoms with Gasteiger partial charge >= 0.3 is 0 Å². The van der Waals surface area contributed by atoms with Crippen molar-refractivity contribution in [3.63, 3.8) is 0 Å². The number of nitrogens with zero attached hydrogens (tertiary/aromatic N) is 4. The van der Waals surface area contributed by atoms with E-state index in [1.54, 1.807) is 12.4 Å². The van der Waals surface area contributed by atoms with Crippen molar-refractivity contribution in [2.45, 2.75) is 12.1 Å². The number of pyridine rings is 1. The lowest BCUT2D eigenvalue weighted by Crippen LogP contribution is -2.21. The van der Waals surface area contributed by atoms with Crippen LogP contribution in [0.5, 0.6) is 0 Å². The number of nitrogens with one attached hydrogen (secondary N) is 1. The standard InChI is InChI=1S/C17H17N5OS/c1-12(13-7-9-18-10-8-13)20-21-16(23)11-24-17-19-14-5-3-4-6-15(14)22(17)2/h3-10H,11H2,1-2H3,(H,21,23). The maximum Gasteiger partial charge on any atom is 0.250 e. The van der Waals surface area contributed by atoms with Gasteiger partial charge in [-0.2, -0.15) is 5.10 Å². The first kappa shape index (κ1) is 16.2. The van der Waals surface area contributed by atoms with Gasteiger partial charge in [0, 0.05) is 25.0 Å². The Morgan fingerprint density at radius 2 is 2.00 bits per heavy atom. The van der Waals surface area contributed by atoms with Crippen LogP contribution in [0.15, 0.2) is 59.0 Å². The third kappa shape index (κ3) is 3.62. The monoisotopic (exact) mass is 339 g/mol. The Kier molecular flexibility index (Phi) is 4.90. The highest BCUT2D eigenvalue weighted by Crippen LogP contribution is 2.22. The van der Waals surface area contributed by atoms with Crippen molar-refractivity contribution in [3.05, 3.63) is 54.4 Å². The number of thioether (sulfide) groups is 1. The van der Waals surface area contributed by atoms with Crippen molar-refractivity contribution in [1.82, 2.24) is 20.0 Å². The highest BCUT2D eigenvalue weighted by molar-refractivity contribution is 7.99. The maximum absolute atomic E-state index is 12.0. The van der Waals surface area contributed by atoms with E-state index in [4.69, 9.17) is 0 Å². The van der Waals surface area contributed by atoms with Crippen molar-refractivity contribution in [1.29, 1.82) is 0 Å². The lowest BCUT2D eigenvalue weighted by molar-refractivity contribution is -0.118. The van der Waals surface area contributed by atoms with E-state index < -0.39 is 0 Å². The minimum absolute atomic E-state index is 0.166. The number of carbonyl (C=O) groups is 1. The first-order chi connectivity index (χ1) is 11.6. The lowest BCUT2D eigenvalue weighted by atomic mass is 10.2. The molecule has 1 amide bonds. The molecule has 3 rings (SSSR count). The zero-order valence-corrected chi connectivity index (χ0v) is 14.2. The van der Waals surface area contributed by atoms with Crippen molar-refractivity contribution in [3.8, 4) is 0 Å². The summed E-state index contributed by atoms with van der Waals surface area (Å²) in [7, 11) is 1.95. The van der Waals surface area contributed by atoms with Gasteiger partial charge in [-0.15, -0.1) is 0 Å². The van der Waals surface area contributed by atoms with E-state index in [0.29, 0.717) is 0 Å². The average molecular weight is 339 g/mol. The number of aromatic nitrogens is 3. The van der Waals surface area contributed by atoms with Crippen LogP contribution in [0.2, 0.25) is 0 Å². The van der Waals surface area contributed by atoms with Gasteiger partial charge in [-0.05, 0) is 31.2 Å². The molecular weight excluding hydrogens is 322 g/mol. The number of hydrogen-bond donors (Lipinski definition) is 1. The van der Waals surface area contributed by atoms with Gasteiger partial charge in [-0.25, -0.2) is 10.4 Å². The van der Waals surface area contributed by atoms with E-state index in [-0.39, 0.29) is 11.7 Å². The Labute approximate surface area is 144 Å². The zero-order chi connectivity index (χ0) is 16.9. The van der Waals surface area contributed by atoms with Crippen molar-refractivity contribution < 1.29 is 4.79 Å². The molecule has 0 saturated heterocycles. The molecule has 1 N–H and O–H groups in total. The number of rotatable bonds is 5. The normalized spacial score (nSPS) is 11.7. The van der Waals surface area contributed by atoms with Crippen LogP contribution >= 0.6 is 11.8 Å². The fraction of sp³-hybridized carbons (Fsp3) is 0.176. The van der Waals surface area contributed by atoms with Gasteiger partial charge in [0.2, 0.25) is 0 Å². The Hall–Kier alpha value is -2.67. The molecule has 7 heteroatoms. The highest BCUT2D eigenvalue weighted by Gasteiger charge is 2.10. The Morgan fingerprint density at radius 1 is 1.25 bits per heavy atom.